The van der Waals surface area contributed by atoms with Crippen LogP contribution in [0.4, 0.5) is 4.39 Å². The summed E-state index contributed by atoms with van der Waals surface area (Å²) in [7, 11) is 3.81. The Morgan fingerprint density at radius 1 is 1.11 bits per heavy atom. The molecule has 2 nitrogen and oxygen atoms in total. The first-order valence-corrected chi connectivity index (χ1v) is 10.5. The van der Waals surface area contributed by atoms with Crippen molar-refractivity contribution in [3.63, 3.8) is 0 Å². The summed E-state index contributed by atoms with van der Waals surface area (Å²) in [6.07, 6.45) is 3.36. The minimum atomic E-state index is -0.201. The average molecular weight is 386 g/mol. The summed E-state index contributed by atoms with van der Waals surface area (Å²) in [5.41, 5.74) is 4.26. The van der Waals surface area contributed by atoms with Gasteiger partial charge in [-0.3, -0.25) is 4.90 Å². The smallest absolute Gasteiger partial charge is 0.131 e. The number of hydrogen-bond donors (Lipinski definition) is 0. The lowest BCUT2D eigenvalue weighted by Crippen LogP contribution is -2.41. The number of methoxy groups -OCH3 is 1. The Balaban J connectivity index is 0.00000136. The maximum atomic E-state index is 14.7. The van der Waals surface area contributed by atoms with Gasteiger partial charge in [-0.2, -0.15) is 0 Å². The van der Waals surface area contributed by atoms with Crippen LogP contribution in [0.3, 0.4) is 0 Å². The van der Waals surface area contributed by atoms with Crippen LogP contribution >= 0.6 is 0 Å². The van der Waals surface area contributed by atoms with Gasteiger partial charge in [0, 0.05) is 11.6 Å². The molecule has 3 heteroatoms. The van der Waals surface area contributed by atoms with Crippen molar-refractivity contribution >= 4 is 0 Å². The van der Waals surface area contributed by atoms with Crippen molar-refractivity contribution in [1.29, 1.82) is 0 Å². The minimum absolute atomic E-state index is 0.142. The fraction of sp³-hybridized carbons (Fsp3) is 0.520. The van der Waals surface area contributed by atoms with Crippen LogP contribution in [0.2, 0.25) is 0 Å². The third kappa shape index (κ3) is 4.57. The van der Waals surface area contributed by atoms with E-state index in [1.54, 1.807) is 13.2 Å². The molecule has 0 aromatic heterocycles. The predicted molar refractivity (Wildman–Crippen MR) is 118 cm³/mol. The summed E-state index contributed by atoms with van der Waals surface area (Å²) in [5.74, 6) is 0.482. The first-order chi connectivity index (χ1) is 13.4. The normalized spacial score (nSPS) is 18.9. The number of nitrogens with zero attached hydrogens (tertiary/aromatic N) is 1. The molecular weight excluding hydrogens is 349 g/mol. The Kier molecular flexibility index (Phi) is 7.65. The zero-order chi connectivity index (χ0) is 20.9. The van der Waals surface area contributed by atoms with E-state index in [0.29, 0.717) is 11.3 Å². The lowest BCUT2D eigenvalue weighted by atomic mass is 9.72. The second-order valence-electron chi connectivity index (χ2n) is 8.10. The van der Waals surface area contributed by atoms with Crippen LogP contribution in [0.25, 0.3) is 11.1 Å². The van der Waals surface area contributed by atoms with Crippen LogP contribution in [0.5, 0.6) is 5.75 Å². The Labute approximate surface area is 170 Å². The summed E-state index contributed by atoms with van der Waals surface area (Å²) in [4.78, 5) is 2.43. The topological polar surface area (TPSA) is 12.5 Å². The van der Waals surface area contributed by atoms with Crippen molar-refractivity contribution in [2.24, 2.45) is 5.41 Å². The van der Waals surface area contributed by atoms with Crippen LogP contribution in [0.1, 0.15) is 64.6 Å². The van der Waals surface area contributed by atoms with Gasteiger partial charge in [0.15, 0.2) is 0 Å². The molecule has 0 N–H and O–H groups in total. The summed E-state index contributed by atoms with van der Waals surface area (Å²) in [6, 6.07) is 11.7. The minimum Gasteiger partial charge on any atom is -0.497 e. The van der Waals surface area contributed by atoms with Gasteiger partial charge in [-0.25, -0.2) is 4.39 Å². The summed E-state index contributed by atoms with van der Waals surface area (Å²) >= 11 is 0. The lowest BCUT2D eigenvalue weighted by Gasteiger charge is -2.46. The molecule has 0 aliphatic carbocycles. The average Bonchev–Trinajstić information content (AvgIpc) is 2.69. The van der Waals surface area contributed by atoms with E-state index < -0.39 is 0 Å². The molecule has 2 aromatic carbocycles. The maximum absolute atomic E-state index is 14.7. The summed E-state index contributed by atoms with van der Waals surface area (Å²) in [5, 5.41) is 0. The molecule has 1 aliphatic rings. The molecule has 0 saturated carbocycles. The molecule has 1 fully saturated rings. The molecule has 1 saturated heterocycles. The van der Waals surface area contributed by atoms with E-state index in [4.69, 9.17) is 4.74 Å². The van der Waals surface area contributed by atoms with Gasteiger partial charge in [0.2, 0.25) is 0 Å². The van der Waals surface area contributed by atoms with Crippen molar-refractivity contribution in [3.05, 3.63) is 53.3 Å². The predicted octanol–water partition coefficient (Wildman–Crippen LogP) is 6.88. The number of piperidine rings is 1. The Morgan fingerprint density at radius 3 is 2.43 bits per heavy atom. The molecule has 1 atom stereocenters. The molecule has 0 spiro atoms. The van der Waals surface area contributed by atoms with Gasteiger partial charge in [-0.1, -0.05) is 52.8 Å². The Hall–Kier alpha value is -1.87. The van der Waals surface area contributed by atoms with Gasteiger partial charge in [-0.05, 0) is 73.2 Å². The Bertz CT molecular complexity index is 784. The second kappa shape index (κ2) is 9.56. The number of aryl methyl sites for hydroxylation is 1. The van der Waals surface area contributed by atoms with E-state index in [0.717, 1.165) is 18.5 Å². The third-order valence-electron chi connectivity index (χ3n) is 5.80. The first-order valence-electron chi connectivity index (χ1n) is 10.5. The van der Waals surface area contributed by atoms with Crippen molar-refractivity contribution < 1.29 is 9.13 Å². The molecule has 2 aromatic rings. The molecule has 0 radical (unpaired) electrons. The molecule has 1 aliphatic heterocycles. The highest BCUT2D eigenvalue weighted by atomic mass is 19.1. The van der Waals surface area contributed by atoms with Crippen molar-refractivity contribution in [3.8, 4) is 16.9 Å². The maximum Gasteiger partial charge on any atom is 0.131 e. The number of ether oxygens (including phenoxy) is 1. The second-order valence-corrected chi connectivity index (χ2v) is 8.10. The zero-order valence-corrected chi connectivity index (χ0v) is 18.6. The Morgan fingerprint density at radius 2 is 1.82 bits per heavy atom. The van der Waals surface area contributed by atoms with Crippen molar-refractivity contribution in [2.45, 2.75) is 59.9 Å². The molecule has 1 heterocycles. The van der Waals surface area contributed by atoms with E-state index in [1.807, 2.05) is 19.9 Å². The lowest BCUT2D eigenvalue weighted by molar-refractivity contribution is 0.0581. The first kappa shape index (κ1) is 22.4. The van der Waals surface area contributed by atoms with Crippen LogP contribution in [-0.4, -0.2) is 25.6 Å². The molecule has 1 unspecified atom stereocenters. The van der Waals surface area contributed by atoms with E-state index in [9.17, 15) is 4.39 Å². The van der Waals surface area contributed by atoms with Crippen LogP contribution in [0.15, 0.2) is 36.4 Å². The number of hydrogen-bond acceptors (Lipinski definition) is 2. The van der Waals surface area contributed by atoms with Crippen LogP contribution in [-0.2, 0) is 6.42 Å². The molecule has 154 valence electrons. The van der Waals surface area contributed by atoms with Crippen molar-refractivity contribution in [1.82, 2.24) is 4.90 Å². The summed E-state index contributed by atoms with van der Waals surface area (Å²) < 4.78 is 20.1. The van der Waals surface area contributed by atoms with Crippen molar-refractivity contribution in [2.75, 3.05) is 20.7 Å². The summed E-state index contributed by atoms with van der Waals surface area (Å²) in [6.45, 7) is 11.9. The van der Waals surface area contributed by atoms with E-state index >= 15 is 0 Å². The molecule has 3 rings (SSSR count). The number of rotatable bonds is 4. The van der Waals surface area contributed by atoms with Crippen LogP contribution < -0.4 is 4.74 Å². The molecular formula is C25H36FNO. The van der Waals surface area contributed by atoms with E-state index in [1.165, 1.54) is 30.0 Å². The molecule has 0 bridgehead atoms. The molecule has 0 amide bonds. The highest BCUT2D eigenvalue weighted by molar-refractivity contribution is 5.71. The molecule has 28 heavy (non-hydrogen) atoms. The fourth-order valence-electron chi connectivity index (χ4n) is 4.45. The number of halogens is 1. The van der Waals surface area contributed by atoms with E-state index in [2.05, 4.69) is 50.9 Å². The quantitative estimate of drug-likeness (QED) is 0.568. The highest BCUT2D eigenvalue weighted by Gasteiger charge is 2.38. The van der Waals surface area contributed by atoms with Gasteiger partial charge >= 0.3 is 0 Å². The fourth-order valence-corrected chi connectivity index (χ4v) is 4.45. The van der Waals surface area contributed by atoms with E-state index in [-0.39, 0.29) is 17.3 Å². The van der Waals surface area contributed by atoms with Gasteiger partial charge in [-0.15, -0.1) is 0 Å². The zero-order valence-electron chi connectivity index (χ0n) is 18.6. The van der Waals surface area contributed by atoms with Gasteiger partial charge in [0.1, 0.15) is 11.6 Å². The number of benzene rings is 2. The van der Waals surface area contributed by atoms with Crippen LogP contribution in [0, 0.1) is 11.2 Å². The number of likely N-dealkylation sites (tertiary alicyclic amines) is 1. The van der Waals surface area contributed by atoms with Gasteiger partial charge < -0.3 is 4.74 Å². The van der Waals surface area contributed by atoms with Gasteiger partial charge in [0.05, 0.1) is 7.11 Å². The monoisotopic (exact) mass is 385 g/mol. The SMILES string of the molecule is CC.CCc1ccc(-c2cc(OC)ccc2F)c(C2N(C)CCCC2(C)C)c1. The largest absolute Gasteiger partial charge is 0.497 e. The third-order valence-corrected chi connectivity index (χ3v) is 5.80. The highest BCUT2D eigenvalue weighted by Crippen LogP contribution is 2.47. The van der Waals surface area contributed by atoms with Gasteiger partial charge in [0.25, 0.3) is 0 Å². The standard InChI is InChI=1S/C23H30FNO.C2H6/c1-6-16-8-10-18(19-15-17(26-5)9-11-21(19)24)20(14-16)22-23(2,3)12-7-13-25(22)4;1-2/h8-11,14-15,22H,6-7,12-13H2,1-5H3;1-2H3.